The topological polar surface area (TPSA) is 75.6 Å². The number of nitrogens with one attached hydrogen (secondary N) is 1. The summed E-state index contributed by atoms with van der Waals surface area (Å²) in [6.07, 6.45) is 0. The minimum atomic E-state index is -0.997. The molecular weight excluding hydrogens is 174 g/mol. The molecule has 0 unspecified atom stereocenters. The molecule has 0 aliphatic heterocycles. The highest BCUT2D eigenvalue weighted by Crippen LogP contribution is 2.05. The van der Waals surface area contributed by atoms with Crippen LogP contribution in [0.15, 0.2) is 0 Å². The molecular formula is C8H15NO4. The Bertz CT molecular complexity index is 195. The van der Waals surface area contributed by atoms with Gasteiger partial charge in [0.05, 0.1) is 13.1 Å². The van der Waals surface area contributed by atoms with Crippen LogP contribution in [0.4, 0.5) is 0 Å². The van der Waals surface area contributed by atoms with E-state index in [4.69, 9.17) is 9.84 Å². The summed E-state index contributed by atoms with van der Waals surface area (Å²) < 4.78 is 4.93. The summed E-state index contributed by atoms with van der Waals surface area (Å²) in [6.45, 7) is 4.94. The molecule has 0 aromatic carbocycles. The van der Waals surface area contributed by atoms with Crippen LogP contribution in [0.5, 0.6) is 0 Å². The van der Waals surface area contributed by atoms with Gasteiger partial charge in [0.2, 0.25) is 0 Å². The lowest BCUT2D eigenvalue weighted by atomic mass is 10.2. The molecule has 5 heteroatoms. The fraction of sp³-hybridized carbons (Fsp3) is 0.750. The number of carboxylic acids is 1. The van der Waals surface area contributed by atoms with E-state index < -0.39 is 17.5 Å². The van der Waals surface area contributed by atoms with Gasteiger partial charge in [-0.05, 0) is 20.8 Å². The van der Waals surface area contributed by atoms with E-state index >= 15 is 0 Å². The first-order valence-electron chi connectivity index (χ1n) is 3.95. The fourth-order valence-electron chi connectivity index (χ4n) is 0.649. The van der Waals surface area contributed by atoms with Crippen molar-refractivity contribution in [1.29, 1.82) is 0 Å². The zero-order chi connectivity index (χ0) is 10.5. The predicted molar refractivity (Wildman–Crippen MR) is 46.4 cm³/mol. The normalized spacial score (nSPS) is 11.0. The highest BCUT2D eigenvalue weighted by Gasteiger charge is 2.15. The zero-order valence-electron chi connectivity index (χ0n) is 8.09. The van der Waals surface area contributed by atoms with Crippen molar-refractivity contribution in [2.24, 2.45) is 0 Å². The van der Waals surface area contributed by atoms with Crippen LogP contribution in [0.25, 0.3) is 0 Å². The van der Waals surface area contributed by atoms with E-state index in [2.05, 4.69) is 5.32 Å². The van der Waals surface area contributed by atoms with Gasteiger partial charge >= 0.3 is 11.9 Å². The summed E-state index contributed by atoms with van der Waals surface area (Å²) in [5.41, 5.74) is -0.526. The van der Waals surface area contributed by atoms with Crippen molar-refractivity contribution in [3.63, 3.8) is 0 Å². The lowest BCUT2D eigenvalue weighted by molar-refractivity contribution is -0.153. The number of ether oxygens (including phenoxy) is 1. The molecule has 0 rings (SSSR count). The predicted octanol–water partition coefficient (Wildman–Crippen LogP) is 0.00230. The SMILES string of the molecule is CC(C)(C)OC(=O)CNCC(=O)O. The van der Waals surface area contributed by atoms with E-state index in [-0.39, 0.29) is 13.1 Å². The van der Waals surface area contributed by atoms with Gasteiger partial charge in [0.15, 0.2) is 0 Å². The zero-order valence-corrected chi connectivity index (χ0v) is 8.09. The van der Waals surface area contributed by atoms with Gasteiger partial charge < -0.3 is 9.84 Å². The molecule has 0 saturated heterocycles. The largest absolute Gasteiger partial charge is 0.480 e. The van der Waals surface area contributed by atoms with Gasteiger partial charge in [-0.2, -0.15) is 0 Å². The molecule has 0 radical (unpaired) electrons. The average Bonchev–Trinajstić information content (AvgIpc) is 1.81. The summed E-state index contributed by atoms with van der Waals surface area (Å²) in [7, 11) is 0. The number of rotatable bonds is 4. The first-order chi connectivity index (χ1) is 5.81. The van der Waals surface area contributed by atoms with E-state index in [0.29, 0.717) is 0 Å². The molecule has 0 spiro atoms. The lowest BCUT2D eigenvalue weighted by Gasteiger charge is -2.19. The molecule has 0 aromatic rings. The summed E-state index contributed by atoms with van der Waals surface area (Å²) in [6, 6.07) is 0. The summed E-state index contributed by atoms with van der Waals surface area (Å²) in [4.78, 5) is 21.0. The number of aliphatic carboxylic acids is 1. The van der Waals surface area contributed by atoms with Crippen molar-refractivity contribution in [2.45, 2.75) is 26.4 Å². The molecule has 0 amide bonds. The average molecular weight is 189 g/mol. The quantitative estimate of drug-likeness (QED) is 0.609. The highest BCUT2D eigenvalue weighted by molar-refractivity contribution is 5.74. The van der Waals surface area contributed by atoms with Gasteiger partial charge in [0.1, 0.15) is 5.60 Å². The van der Waals surface area contributed by atoms with Crippen LogP contribution in [-0.4, -0.2) is 35.7 Å². The maximum Gasteiger partial charge on any atom is 0.320 e. The minimum Gasteiger partial charge on any atom is -0.480 e. The van der Waals surface area contributed by atoms with E-state index in [1.54, 1.807) is 20.8 Å². The Balaban J connectivity index is 3.59. The Kier molecular flexibility index (Phi) is 4.40. The maximum atomic E-state index is 11.0. The molecule has 13 heavy (non-hydrogen) atoms. The molecule has 76 valence electrons. The van der Waals surface area contributed by atoms with Crippen molar-refractivity contribution in [3.05, 3.63) is 0 Å². The molecule has 2 N–H and O–H groups in total. The van der Waals surface area contributed by atoms with Crippen molar-refractivity contribution in [3.8, 4) is 0 Å². The molecule has 0 atom stereocenters. The number of hydrogen-bond acceptors (Lipinski definition) is 4. The van der Waals surface area contributed by atoms with Crippen LogP contribution in [0.1, 0.15) is 20.8 Å². The summed E-state index contributed by atoms with van der Waals surface area (Å²) >= 11 is 0. The Hall–Kier alpha value is -1.10. The fourth-order valence-corrected chi connectivity index (χ4v) is 0.649. The molecule has 0 saturated carbocycles. The smallest absolute Gasteiger partial charge is 0.320 e. The molecule has 0 aromatic heterocycles. The van der Waals surface area contributed by atoms with Gasteiger partial charge in [0, 0.05) is 0 Å². The van der Waals surface area contributed by atoms with Crippen molar-refractivity contribution in [1.82, 2.24) is 5.32 Å². The molecule has 0 heterocycles. The van der Waals surface area contributed by atoms with Crippen LogP contribution in [0.3, 0.4) is 0 Å². The molecule has 5 nitrogen and oxygen atoms in total. The first-order valence-corrected chi connectivity index (χ1v) is 3.95. The van der Waals surface area contributed by atoms with Gasteiger partial charge in [-0.1, -0.05) is 0 Å². The number of hydrogen-bond donors (Lipinski definition) is 2. The summed E-state index contributed by atoms with van der Waals surface area (Å²) in [5, 5.41) is 10.7. The van der Waals surface area contributed by atoms with Crippen molar-refractivity contribution in [2.75, 3.05) is 13.1 Å². The van der Waals surface area contributed by atoms with Crippen LogP contribution < -0.4 is 5.32 Å². The number of esters is 1. The first kappa shape index (κ1) is 11.9. The molecule has 0 aliphatic rings. The number of carboxylic acid groups (broad SMARTS) is 1. The van der Waals surface area contributed by atoms with E-state index in [1.807, 2.05) is 0 Å². The number of carbonyl (C=O) groups excluding carboxylic acids is 1. The van der Waals surface area contributed by atoms with E-state index in [0.717, 1.165) is 0 Å². The van der Waals surface area contributed by atoms with Gasteiger partial charge in [-0.25, -0.2) is 0 Å². The van der Waals surface area contributed by atoms with Crippen molar-refractivity contribution >= 4 is 11.9 Å². The van der Waals surface area contributed by atoms with Crippen LogP contribution in [0, 0.1) is 0 Å². The molecule has 0 fully saturated rings. The van der Waals surface area contributed by atoms with Crippen molar-refractivity contribution < 1.29 is 19.4 Å². The second kappa shape index (κ2) is 4.81. The summed E-state index contributed by atoms with van der Waals surface area (Å²) in [5.74, 6) is -1.45. The third-order valence-corrected chi connectivity index (χ3v) is 0.966. The van der Waals surface area contributed by atoms with Gasteiger partial charge in [-0.15, -0.1) is 0 Å². The van der Waals surface area contributed by atoms with Crippen LogP contribution >= 0.6 is 0 Å². The Morgan fingerprint density at radius 2 is 1.85 bits per heavy atom. The third kappa shape index (κ3) is 8.81. The Labute approximate surface area is 77.1 Å². The second-order valence-corrected chi connectivity index (χ2v) is 3.58. The molecule has 0 bridgehead atoms. The molecule has 0 aliphatic carbocycles. The monoisotopic (exact) mass is 189 g/mol. The highest BCUT2D eigenvalue weighted by atomic mass is 16.6. The standard InChI is InChI=1S/C8H15NO4/c1-8(2,3)13-7(12)5-9-4-6(10)11/h9H,4-5H2,1-3H3,(H,10,11). The van der Waals surface area contributed by atoms with Crippen LogP contribution in [0.2, 0.25) is 0 Å². The van der Waals surface area contributed by atoms with E-state index in [1.165, 1.54) is 0 Å². The second-order valence-electron chi connectivity index (χ2n) is 3.58. The number of carbonyl (C=O) groups is 2. The van der Waals surface area contributed by atoms with Gasteiger partial charge in [-0.3, -0.25) is 14.9 Å². The van der Waals surface area contributed by atoms with Crippen LogP contribution in [-0.2, 0) is 14.3 Å². The van der Waals surface area contributed by atoms with E-state index in [9.17, 15) is 9.59 Å². The maximum absolute atomic E-state index is 11.0. The lowest BCUT2D eigenvalue weighted by Crippen LogP contribution is -2.33. The third-order valence-electron chi connectivity index (χ3n) is 0.966. The minimum absolute atomic E-state index is 0.0798. The Morgan fingerprint density at radius 1 is 1.31 bits per heavy atom. The van der Waals surface area contributed by atoms with Gasteiger partial charge in [0.25, 0.3) is 0 Å². The Morgan fingerprint density at radius 3 is 2.23 bits per heavy atom.